The fourth-order valence-electron chi connectivity index (χ4n) is 2.14. The summed E-state index contributed by atoms with van der Waals surface area (Å²) in [6, 6.07) is 5.85. The monoisotopic (exact) mass is 316 g/mol. The molecule has 0 radical (unpaired) electrons. The number of nitrogen functional groups attached to an aromatic ring is 2. The molecule has 124 valence electrons. The molecule has 2 rings (SSSR count). The highest BCUT2D eigenvalue weighted by molar-refractivity contribution is 5.48. The Morgan fingerprint density at radius 2 is 1.96 bits per heavy atom. The van der Waals surface area contributed by atoms with E-state index in [0.29, 0.717) is 30.5 Å². The summed E-state index contributed by atoms with van der Waals surface area (Å²) in [7, 11) is 1.63. The topological polar surface area (TPSA) is 96.3 Å². The zero-order chi connectivity index (χ0) is 16.8. The van der Waals surface area contributed by atoms with E-state index in [0.717, 1.165) is 23.3 Å². The molecular weight excluding hydrogens is 292 g/mol. The lowest BCUT2D eigenvalue weighted by Crippen LogP contribution is -2.05. The van der Waals surface area contributed by atoms with Crippen molar-refractivity contribution in [2.75, 3.05) is 25.2 Å². The van der Waals surface area contributed by atoms with E-state index in [-0.39, 0.29) is 5.95 Å². The van der Waals surface area contributed by atoms with Gasteiger partial charge in [-0.3, -0.25) is 0 Å². The van der Waals surface area contributed by atoms with Gasteiger partial charge in [0.15, 0.2) is 11.5 Å². The van der Waals surface area contributed by atoms with Gasteiger partial charge in [0.1, 0.15) is 5.82 Å². The zero-order valence-electron chi connectivity index (χ0n) is 13.9. The molecule has 0 saturated heterocycles. The first kappa shape index (κ1) is 16.9. The summed E-state index contributed by atoms with van der Waals surface area (Å²) in [5, 5.41) is 0. The molecule has 6 heteroatoms. The van der Waals surface area contributed by atoms with Gasteiger partial charge in [0.2, 0.25) is 5.95 Å². The molecule has 23 heavy (non-hydrogen) atoms. The second-order valence-electron chi connectivity index (χ2n) is 5.83. The summed E-state index contributed by atoms with van der Waals surface area (Å²) in [4.78, 5) is 7.96. The zero-order valence-corrected chi connectivity index (χ0v) is 13.9. The normalized spacial score (nSPS) is 10.8. The predicted molar refractivity (Wildman–Crippen MR) is 91.6 cm³/mol. The predicted octanol–water partition coefficient (Wildman–Crippen LogP) is 2.67. The standard InChI is InChI=1S/C17H24N4O2/c1-11(2)6-7-23-14-5-4-12(9-15(14)22-3)8-13-10-20-17(19)21-16(13)18/h4-5,9-11H,6-8H2,1-3H3,(H4,18,19,20,21). The van der Waals surface area contributed by atoms with E-state index >= 15 is 0 Å². The van der Waals surface area contributed by atoms with E-state index in [2.05, 4.69) is 23.8 Å². The molecule has 4 N–H and O–H groups in total. The van der Waals surface area contributed by atoms with Crippen LogP contribution >= 0.6 is 0 Å². The number of hydrogen-bond donors (Lipinski definition) is 2. The van der Waals surface area contributed by atoms with Gasteiger partial charge < -0.3 is 20.9 Å². The van der Waals surface area contributed by atoms with Crippen molar-refractivity contribution in [3.05, 3.63) is 35.5 Å². The Kier molecular flexibility index (Phi) is 5.62. The number of ether oxygens (including phenoxy) is 2. The van der Waals surface area contributed by atoms with Crippen LogP contribution in [0, 0.1) is 5.92 Å². The number of anilines is 2. The van der Waals surface area contributed by atoms with Crippen molar-refractivity contribution in [2.45, 2.75) is 26.7 Å². The molecule has 0 amide bonds. The van der Waals surface area contributed by atoms with Crippen LogP contribution in [-0.2, 0) is 6.42 Å². The average Bonchev–Trinajstić information content (AvgIpc) is 2.51. The Bertz CT molecular complexity index is 659. The summed E-state index contributed by atoms with van der Waals surface area (Å²) in [5.41, 5.74) is 13.3. The Morgan fingerprint density at radius 3 is 2.61 bits per heavy atom. The third-order valence-corrected chi connectivity index (χ3v) is 3.49. The van der Waals surface area contributed by atoms with Gasteiger partial charge in [-0.2, -0.15) is 4.98 Å². The molecule has 1 aromatic carbocycles. The number of nitrogens with zero attached hydrogens (tertiary/aromatic N) is 2. The number of methoxy groups -OCH3 is 1. The molecule has 0 aliphatic rings. The van der Waals surface area contributed by atoms with E-state index in [1.54, 1.807) is 13.3 Å². The van der Waals surface area contributed by atoms with E-state index in [9.17, 15) is 0 Å². The lowest BCUT2D eigenvalue weighted by atomic mass is 10.1. The SMILES string of the molecule is COc1cc(Cc2cnc(N)nc2N)ccc1OCCC(C)C. The second kappa shape index (κ2) is 7.67. The molecule has 0 atom stereocenters. The molecule has 0 bridgehead atoms. The molecule has 1 aromatic heterocycles. The van der Waals surface area contributed by atoms with Crippen molar-refractivity contribution >= 4 is 11.8 Å². The average molecular weight is 316 g/mol. The fraction of sp³-hybridized carbons (Fsp3) is 0.412. The van der Waals surface area contributed by atoms with Crippen LogP contribution in [0.2, 0.25) is 0 Å². The first-order valence-electron chi connectivity index (χ1n) is 7.66. The highest BCUT2D eigenvalue weighted by Gasteiger charge is 2.09. The number of rotatable bonds is 7. The molecule has 0 unspecified atom stereocenters. The van der Waals surface area contributed by atoms with Crippen LogP contribution in [0.1, 0.15) is 31.4 Å². The van der Waals surface area contributed by atoms with E-state index in [1.165, 1.54) is 0 Å². The number of aromatic nitrogens is 2. The van der Waals surface area contributed by atoms with Crippen LogP contribution < -0.4 is 20.9 Å². The van der Waals surface area contributed by atoms with Gasteiger partial charge in [-0.25, -0.2) is 4.98 Å². The quantitative estimate of drug-likeness (QED) is 0.815. The third-order valence-electron chi connectivity index (χ3n) is 3.49. The number of nitrogens with two attached hydrogens (primary N) is 2. The Balaban J connectivity index is 2.11. The second-order valence-corrected chi connectivity index (χ2v) is 5.83. The van der Waals surface area contributed by atoms with Crippen LogP contribution in [0.15, 0.2) is 24.4 Å². The molecular formula is C17H24N4O2. The summed E-state index contributed by atoms with van der Waals surface area (Å²) >= 11 is 0. The van der Waals surface area contributed by atoms with Crippen molar-refractivity contribution < 1.29 is 9.47 Å². The molecule has 2 aromatic rings. The minimum atomic E-state index is 0.178. The highest BCUT2D eigenvalue weighted by atomic mass is 16.5. The van der Waals surface area contributed by atoms with Gasteiger partial charge in [0.05, 0.1) is 13.7 Å². The molecule has 1 heterocycles. The summed E-state index contributed by atoms with van der Waals surface area (Å²) < 4.78 is 11.2. The highest BCUT2D eigenvalue weighted by Crippen LogP contribution is 2.29. The van der Waals surface area contributed by atoms with Crippen LogP contribution in [0.5, 0.6) is 11.5 Å². The molecule has 0 spiro atoms. The number of hydrogen-bond acceptors (Lipinski definition) is 6. The van der Waals surface area contributed by atoms with Gasteiger partial charge >= 0.3 is 0 Å². The van der Waals surface area contributed by atoms with Gasteiger partial charge in [-0.1, -0.05) is 19.9 Å². The summed E-state index contributed by atoms with van der Waals surface area (Å²) in [6.07, 6.45) is 3.26. The van der Waals surface area contributed by atoms with Crippen molar-refractivity contribution in [3.8, 4) is 11.5 Å². The smallest absolute Gasteiger partial charge is 0.221 e. The molecule has 0 aliphatic carbocycles. The Hall–Kier alpha value is -2.50. The van der Waals surface area contributed by atoms with Crippen LogP contribution in [-0.4, -0.2) is 23.7 Å². The van der Waals surface area contributed by atoms with Crippen molar-refractivity contribution in [1.29, 1.82) is 0 Å². The summed E-state index contributed by atoms with van der Waals surface area (Å²) in [6.45, 7) is 5.01. The lowest BCUT2D eigenvalue weighted by molar-refractivity contribution is 0.273. The Morgan fingerprint density at radius 1 is 1.17 bits per heavy atom. The maximum atomic E-state index is 5.88. The van der Waals surface area contributed by atoms with Crippen LogP contribution in [0.4, 0.5) is 11.8 Å². The minimum Gasteiger partial charge on any atom is -0.493 e. The van der Waals surface area contributed by atoms with E-state index in [4.69, 9.17) is 20.9 Å². The lowest BCUT2D eigenvalue weighted by Gasteiger charge is -2.13. The molecule has 0 fully saturated rings. The van der Waals surface area contributed by atoms with Crippen LogP contribution in [0.3, 0.4) is 0 Å². The van der Waals surface area contributed by atoms with E-state index in [1.807, 2.05) is 18.2 Å². The minimum absolute atomic E-state index is 0.178. The van der Waals surface area contributed by atoms with Gasteiger partial charge in [-0.15, -0.1) is 0 Å². The first-order valence-corrected chi connectivity index (χ1v) is 7.66. The Labute approximate surface area is 136 Å². The first-order chi connectivity index (χ1) is 11.0. The fourth-order valence-corrected chi connectivity index (χ4v) is 2.14. The van der Waals surface area contributed by atoms with Gasteiger partial charge in [-0.05, 0) is 30.0 Å². The largest absolute Gasteiger partial charge is 0.493 e. The van der Waals surface area contributed by atoms with Gasteiger partial charge in [0, 0.05) is 18.2 Å². The molecule has 0 saturated carbocycles. The van der Waals surface area contributed by atoms with Crippen molar-refractivity contribution in [2.24, 2.45) is 5.92 Å². The van der Waals surface area contributed by atoms with Crippen molar-refractivity contribution in [3.63, 3.8) is 0 Å². The van der Waals surface area contributed by atoms with E-state index < -0.39 is 0 Å². The maximum Gasteiger partial charge on any atom is 0.221 e. The van der Waals surface area contributed by atoms with Crippen LogP contribution in [0.25, 0.3) is 0 Å². The van der Waals surface area contributed by atoms with Crippen molar-refractivity contribution in [1.82, 2.24) is 9.97 Å². The molecule has 0 aliphatic heterocycles. The van der Waals surface area contributed by atoms with Gasteiger partial charge in [0.25, 0.3) is 0 Å². The summed E-state index contributed by atoms with van der Waals surface area (Å²) in [5.74, 6) is 2.64. The third kappa shape index (κ3) is 4.74. The molecule has 6 nitrogen and oxygen atoms in total. The number of benzene rings is 1. The maximum absolute atomic E-state index is 5.88.